The maximum atomic E-state index is 12.9. The van der Waals surface area contributed by atoms with Crippen LogP contribution in [0.3, 0.4) is 0 Å². The summed E-state index contributed by atoms with van der Waals surface area (Å²) in [5.41, 5.74) is 0.0900. The van der Waals surface area contributed by atoms with Gasteiger partial charge < -0.3 is 19.3 Å². The van der Waals surface area contributed by atoms with Crippen LogP contribution in [0.5, 0.6) is 0 Å². The SMILES string of the molecule is CN(C)CCCN1C(=O)C(O)=C(C(=O)c2cccs2)[C@@H]1c1ccco1. The smallest absolute Gasteiger partial charge is 0.290 e. The normalized spacial score (nSPS) is 17.8. The first-order valence-electron chi connectivity index (χ1n) is 8.01. The molecule has 25 heavy (non-hydrogen) atoms. The fourth-order valence-corrected chi connectivity index (χ4v) is 3.63. The van der Waals surface area contributed by atoms with Crippen molar-refractivity contribution in [3.8, 4) is 0 Å². The lowest BCUT2D eigenvalue weighted by Crippen LogP contribution is -2.33. The Morgan fingerprint density at radius 1 is 1.36 bits per heavy atom. The van der Waals surface area contributed by atoms with E-state index in [1.54, 1.807) is 29.6 Å². The number of aliphatic hydroxyl groups is 1. The minimum Gasteiger partial charge on any atom is -0.503 e. The maximum absolute atomic E-state index is 12.9. The summed E-state index contributed by atoms with van der Waals surface area (Å²) in [5.74, 6) is -0.871. The molecule has 1 aliphatic rings. The van der Waals surface area contributed by atoms with E-state index in [0.29, 0.717) is 17.2 Å². The highest BCUT2D eigenvalue weighted by molar-refractivity contribution is 7.12. The Morgan fingerprint density at radius 3 is 2.76 bits per heavy atom. The number of furan rings is 1. The van der Waals surface area contributed by atoms with Crippen LogP contribution in [0.25, 0.3) is 0 Å². The van der Waals surface area contributed by atoms with Gasteiger partial charge in [-0.2, -0.15) is 0 Å². The zero-order valence-electron chi connectivity index (χ0n) is 14.1. The van der Waals surface area contributed by atoms with Crippen LogP contribution in [0.1, 0.15) is 27.9 Å². The zero-order valence-corrected chi connectivity index (χ0v) is 15.0. The first kappa shape index (κ1) is 17.4. The van der Waals surface area contributed by atoms with Crippen molar-refractivity contribution < 1.29 is 19.1 Å². The number of Topliss-reactive ketones (excluding diaryl/α,β-unsaturated/α-hetero) is 1. The Bertz CT molecular complexity index is 778. The molecule has 0 saturated carbocycles. The fourth-order valence-electron chi connectivity index (χ4n) is 2.96. The molecule has 0 radical (unpaired) electrons. The van der Waals surface area contributed by atoms with E-state index in [2.05, 4.69) is 0 Å². The highest BCUT2D eigenvalue weighted by Crippen LogP contribution is 2.39. The van der Waals surface area contributed by atoms with E-state index in [1.807, 2.05) is 19.0 Å². The highest BCUT2D eigenvalue weighted by atomic mass is 32.1. The topological polar surface area (TPSA) is 74.0 Å². The zero-order chi connectivity index (χ0) is 18.0. The van der Waals surface area contributed by atoms with E-state index in [9.17, 15) is 14.7 Å². The molecule has 1 aliphatic heterocycles. The molecule has 1 amide bonds. The molecule has 3 rings (SSSR count). The van der Waals surface area contributed by atoms with Crippen molar-refractivity contribution in [2.24, 2.45) is 0 Å². The van der Waals surface area contributed by atoms with Crippen LogP contribution in [0.2, 0.25) is 0 Å². The van der Waals surface area contributed by atoms with Gasteiger partial charge in [-0.05, 0) is 50.6 Å². The van der Waals surface area contributed by atoms with Crippen LogP contribution in [0.15, 0.2) is 51.7 Å². The molecular formula is C18H20N2O4S. The highest BCUT2D eigenvalue weighted by Gasteiger charge is 2.45. The molecule has 7 heteroatoms. The number of carbonyl (C=O) groups excluding carboxylic acids is 2. The molecule has 1 atom stereocenters. The van der Waals surface area contributed by atoms with Crippen molar-refractivity contribution in [3.05, 3.63) is 57.9 Å². The summed E-state index contributed by atoms with van der Waals surface area (Å²) >= 11 is 1.28. The molecule has 0 aromatic carbocycles. The van der Waals surface area contributed by atoms with Gasteiger partial charge in [0.1, 0.15) is 11.8 Å². The fraction of sp³-hybridized carbons (Fsp3) is 0.333. The number of hydrogen-bond acceptors (Lipinski definition) is 6. The van der Waals surface area contributed by atoms with Gasteiger partial charge in [-0.25, -0.2) is 0 Å². The third-order valence-corrected chi connectivity index (χ3v) is 4.98. The van der Waals surface area contributed by atoms with Gasteiger partial charge in [-0.3, -0.25) is 9.59 Å². The average Bonchev–Trinajstić information content (AvgIpc) is 3.31. The van der Waals surface area contributed by atoms with Crippen molar-refractivity contribution in [1.82, 2.24) is 9.80 Å². The van der Waals surface area contributed by atoms with E-state index in [-0.39, 0.29) is 11.4 Å². The van der Waals surface area contributed by atoms with Gasteiger partial charge in [0, 0.05) is 6.54 Å². The molecule has 2 aromatic heterocycles. The van der Waals surface area contributed by atoms with E-state index >= 15 is 0 Å². The lowest BCUT2D eigenvalue weighted by Gasteiger charge is -2.25. The summed E-state index contributed by atoms with van der Waals surface area (Å²) in [7, 11) is 3.91. The second-order valence-electron chi connectivity index (χ2n) is 6.14. The monoisotopic (exact) mass is 360 g/mol. The number of thiophene rings is 1. The second-order valence-corrected chi connectivity index (χ2v) is 7.09. The van der Waals surface area contributed by atoms with Crippen LogP contribution in [-0.4, -0.2) is 53.8 Å². The van der Waals surface area contributed by atoms with E-state index in [1.165, 1.54) is 22.5 Å². The molecule has 0 spiro atoms. The minimum atomic E-state index is -0.695. The van der Waals surface area contributed by atoms with Gasteiger partial charge in [0.25, 0.3) is 5.91 Å². The summed E-state index contributed by atoms with van der Waals surface area (Å²) in [6.45, 7) is 1.22. The molecule has 132 valence electrons. The predicted octanol–water partition coefficient (Wildman–Crippen LogP) is 2.87. The van der Waals surface area contributed by atoms with E-state index in [0.717, 1.165) is 13.0 Å². The third-order valence-electron chi connectivity index (χ3n) is 4.11. The number of carbonyl (C=O) groups is 2. The Labute approximate surface area is 150 Å². The summed E-state index contributed by atoms with van der Waals surface area (Å²) in [5, 5.41) is 12.2. The Balaban J connectivity index is 1.94. The Hall–Kier alpha value is -2.38. The number of aliphatic hydroxyl groups excluding tert-OH is 1. The van der Waals surface area contributed by atoms with Crippen molar-refractivity contribution in [2.45, 2.75) is 12.5 Å². The van der Waals surface area contributed by atoms with Crippen molar-refractivity contribution in [2.75, 3.05) is 27.2 Å². The molecule has 0 aliphatic carbocycles. The molecular weight excluding hydrogens is 340 g/mol. The summed E-state index contributed by atoms with van der Waals surface area (Å²) in [6, 6.07) is 6.19. The van der Waals surface area contributed by atoms with Crippen LogP contribution >= 0.6 is 11.3 Å². The third kappa shape index (κ3) is 3.38. The summed E-state index contributed by atoms with van der Waals surface area (Å²) < 4.78 is 5.47. The molecule has 0 bridgehead atoms. The molecule has 0 fully saturated rings. The molecule has 1 N–H and O–H groups in total. The van der Waals surface area contributed by atoms with Gasteiger partial charge in [0.15, 0.2) is 5.76 Å². The lowest BCUT2D eigenvalue weighted by molar-refractivity contribution is -0.129. The van der Waals surface area contributed by atoms with Gasteiger partial charge in [0.2, 0.25) is 5.78 Å². The summed E-state index contributed by atoms with van der Waals surface area (Å²) in [6.07, 6.45) is 2.23. The van der Waals surface area contributed by atoms with E-state index in [4.69, 9.17) is 4.42 Å². The van der Waals surface area contributed by atoms with Gasteiger partial charge in [-0.15, -0.1) is 11.3 Å². The van der Waals surface area contributed by atoms with Crippen LogP contribution < -0.4 is 0 Å². The Morgan fingerprint density at radius 2 is 2.16 bits per heavy atom. The second kappa shape index (κ2) is 7.25. The quantitative estimate of drug-likeness (QED) is 0.769. The molecule has 3 heterocycles. The first-order chi connectivity index (χ1) is 12.0. The molecule has 0 unspecified atom stereocenters. The molecule has 6 nitrogen and oxygen atoms in total. The predicted molar refractivity (Wildman–Crippen MR) is 94.6 cm³/mol. The lowest BCUT2D eigenvalue weighted by atomic mass is 10.00. The molecule has 0 saturated heterocycles. The van der Waals surface area contributed by atoms with Crippen LogP contribution in [0, 0.1) is 0 Å². The Kier molecular flexibility index (Phi) is 5.06. The van der Waals surface area contributed by atoms with Crippen LogP contribution in [-0.2, 0) is 4.79 Å². The van der Waals surface area contributed by atoms with Crippen LogP contribution in [0.4, 0.5) is 0 Å². The van der Waals surface area contributed by atoms with Gasteiger partial charge in [-0.1, -0.05) is 6.07 Å². The van der Waals surface area contributed by atoms with Gasteiger partial charge in [0.05, 0.1) is 16.7 Å². The molecule has 2 aromatic rings. The number of ketones is 1. The number of amides is 1. The van der Waals surface area contributed by atoms with Crippen molar-refractivity contribution in [1.29, 1.82) is 0 Å². The first-order valence-corrected chi connectivity index (χ1v) is 8.89. The van der Waals surface area contributed by atoms with Gasteiger partial charge >= 0.3 is 0 Å². The van der Waals surface area contributed by atoms with Crippen molar-refractivity contribution >= 4 is 23.0 Å². The van der Waals surface area contributed by atoms with E-state index < -0.39 is 17.7 Å². The maximum Gasteiger partial charge on any atom is 0.290 e. The summed E-state index contributed by atoms with van der Waals surface area (Å²) in [4.78, 5) is 29.5. The van der Waals surface area contributed by atoms with Crippen molar-refractivity contribution in [3.63, 3.8) is 0 Å². The minimum absolute atomic E-state index is 0.0900. The standard InChI is InChI=1S/C18H20N2O4S/c1-19(2)8-5-9-20-15(12-6-3-10-24-12)14(17(22)18(20)23)16(21)13-7-4-11-25-13/h3-4,6-7,10-11,15,22H,5,8-9H2,1-2H3/t15-/m0/s1. The number of nitrogens with zero attached hydrogens (tertiary/aromatic N) is 2. The number of rotatable bonds is 7. The number of hydrogen-bond donors (Lipinski definition) is 1. The average molecular weight is 360 g/mol. The largest absolute Gasteiger partial charge is 0.503 e.